The van der Waals surface area contributed by atoms with E-state index in [1.54, 1.807) is 24.3 Å². The molecule has 1 aliphatic rings. The lowest BCUT2D eigenvalue weighted by atomic mass is 9.80. The van der Waals surface area contributed by atoms with Crippen molar-refractivity contribution < 1.29 is 19.4 Å². The van der Waals surface area contributed by atoms with Crippen molar-refractivity contribution in [2.45, 2.75) is 12.8 Å². The molecule has 3 rings (SSSR count). The number of carbonyl (C=O) groups excluding carboxylic acids is 1. The predicted octanol–water partition coefficient (Wildman–Crippen LogP) is 0.273. The lowest BCUT2D eigenvalue weighted by Gasteiger charge is -2.33. The molecular weight excluding hydrogens is 314 g/mol. The molecule has 1 aromatic carbocycles. The third kappa shape index (κ3) is 3.25. The summed E-state index contributed by atoms with van der Waals surface area (Å²) in [6.07, 6.45) is 2.23. The molecule has 0 saturated carbocycles. The van der Waals surface area contributed by atoms with Crippen molar-refractivity contribution in [3.63, 3.8) is 0 Å². The molecule has 1 aliphatic heterocycles. The number of carboxylic acids is 1. The van der Waals surface area contributed by atoms with E-state index in [9.17, 15) is 14.7 Å². The highest BCUT2D eigenvalue weighted by molar-refractivity contribution is 5.94. The largest absolute Gasteiger partial charge is 0.481 e. The van der Waals surface area contributed by atoms with Gasteiger partial charge in [-0.15, -0.1) is 5.10 Å². The van der Waals surface area contributed by atoms with E-state index < -0.39 is 11.4 Å². The Morgan fingerprint density at radius 2 is 1.96 bits per heavy atom. The average Bonchev–Trinajstić information content (AvgIpc) is 3.15. The Hall–Kier alpha value is -2.81. The molecule has 1 saturated heterocycles. The molecule has 0 aliphatic carbocycles. The van der Waals surface area contributed by atoms with Gasteiger partial charge in [-0.25, -0.2) is 4.68 Å². The zero-order valence-corrected chi connectivity index (χ0v) is 12.9. The summed E-state index contributed by atoms with van der Waals surface area (Å²) in [5.74, 6) is -1.22. The molecule has 1 fully saturated rings. The van der Waals surface area contributed by atoms with Gasteiger partial charge in [0, 0.05) is 25.3 Å². The summed E-state index contributed by atoms with van der Waals surface area (Å²) in [5, 5.41) is 23.1. The maximum Gasteiger partial charge on any atom is 0.311 e. The Morgan fingerprint density at radius 3 is 2.54 bits per heavy atom. The Bertz CT molecular complexity index is 708. The molecule has 0 unspecified atom stereocenters. The molecule has 2 N–H and O–H groups in total. The molecule has 0 radical (unpaired) electrons. The second-order valence-corrected chi connectivity index (χ2v) is 5.68. The number of hydrogen-bond acceptors (Lipinski definition) is 6. The second kappa shape index (κ2) is 6.75. The van der Waals surface area contributed by atoms with Gasteiger partial charge in [0.15, 0.2) is 0 Å². The number of aliphatic carboxylic acids is 1. The highest BCUT2D eigenvalue weighted by Crippen LogP contribution is 2.30. The van der Waals surface area contributed by atoms with E-state index in [1.165, 1.54) is 11.0 Å². The smallest absolute Gasteiger partial charge is 0.311 e. The van der Waals surface area contributed by atoms with Crippen molar-refractivity contribution in [1.29, 1.82) is 0 Å². The average molecular weight is 331 g/mol. The van der Waals surface area contributed by atoms with Gasteiger partial charge in [-0.3, -0.25) is 9.59 Å². The van der Waals surface area contributed by atoms with Crippen LogP contribution in [-0.4, -0.2) is 56.9 Å². The van der Waals surface area contributed by atoms with Gasteiger partial charge in [-0.05, 0) is 47.5 Å². The Balaban J connectivity index is 1.65. The van der Waals surface area contributed by atoms with E-state index in [0.717, 1.165) is 5.69 Å². The van der Waals surface area contributed by atoms with Crippen LogP contribution in [0.2, 0.25) is 0 Å². The number of nitrogens with one attached hydrogen (secondary N) is 1. The van der Waals surface area contributed by atoms with E-state index in [1.807, 2.05) is 0 Å². The topological polar surface area (TPSA) is 119 Å². The summed E-state index contributed by atoms with van der Waals surface area (Å²) >= 11 is 0. The number of hydrogen-bond donors (Lipinski definition) is 2. The van der Waals surface area contributed by atoms with Crippen molar-refractivity contribution in [2.24, 2.45) is 5.41 Å². The zero-order valence-electron chi connectivity index (χ0n) is 12.9. The fourth-order valence-corrected chi connectivity index (χ4v) is 2.63. The fraction of sp³-hybridized carbons (Fsp3) is 0.400. The fourth-order valence-electron chi connectivity index (χ4n) is 2.63. The Morgan fingerprint density at radius 1 is 1.25 bits per heavy atom. The summed E-state index contributed by atoms with van der Waals surface area (Å²) in [7, 11) is 0. The maximum absolute atomic E-state index is 12.3. The minimum atomic E-state index is -0.958. The summed E-state index contributed by atoms with van der Waals surface area (Å²) in [6.45, 7) is 0.866. The van der Waals surface area contributed by atoms with Gasteiger partial charge < -0.3 is 15.2 Å². The monoisotopic (exact) mass is 331 g/mol. The van der Waals surface area contributed by atoms with Crippen LogP contribution < -0.4 is 5.32 Å². The first-order chi connectivity index (χ1) is 11.6. The minimum Gasteiger partial charge on any atom is -0.481 e. The highest BCUT2D eigenvalue weighted by Gasteiger charge is 2.40. The number of rotatable bonds is 5. The van der Waals surface area contributed by atoms with Gasteiger partial charge in [0.25, 0.3) is 5.91 Å². The predicted molar refractivity (Wildman–Crippen MR) is 81.6 cm³/mol. The van der Waals surface area contributed by atoms with Crippen molar-refractivity contribution in [2.75, 3.05) is 19.8 Å². The molecular formula is C15H17N5O4. The molecule has 9 nitrogen and oxygen atoms in total. The van der Waals surface area contributed by atoms with E-state index in [0.29, 0.717) is 31.6 Å². The Labute approximate surface area is 137 Å². The minimum absolute atomic E-state index is 0.0826. The standard InChI is InChI=1S/C15H17N5O4/c21-13(16-9-15(14(22)23)5-7-24-8-6-15)11-1-3-12(4-2-11)20-10-17-18-19-20/h1-4,10H,5-9H2,(H,16,21)(H,22,23). The third-order valence-corrected chi connectivity index (χ3v) is 4.23. The number of aromatic nitrogens is 4. The van der Waals surface area contributed by atoms with Crippen LogP contribution in [0.5, 0.6) is 0 Å². The first-order valence-electron chi connectivity index (χ1n) is 7.53. The van der Waals surface area contributed by atoms with E-state index >= 15 is 0 Å². The van der Waals surface area contributed by atoms with Crippen molar-refractivity contribution in [1.82, 2.24) is 25.5 Å². The molecule has 9 heteroatoms. The molecule has 1 aromatic heterocycles. The molecule has 1 amide bonds. The number of amides is 1. The first-order valence-corrected chi connectivity index (χ1v) is 7.53. The van der Waals surface area contributed by atoms with Crippen LogP contribution in [0.15, 0.2) is 30.6 Å². The van der Waals surface area contributed by atoms with Gasteiger partial charge in [0.05, 0.1) is 11.1 Å². The van der Waals surface area contributed by atoms with Crippen molar-refractivity contribution in [3.8, 4) is 5.69 Å². The second-order valence-electron chi connectivity index (χ2n) is 5.68. The van der Waals surface area contributed by atoms with Gasteiger partial charge in [0.1, 0.15) is 6.33 Å². The number of nitrogens with zero attached hydrogens (tertiary/aromatic N) is 4. The first kappa shape index (κ1) is 16.1. The normalized spacial score (nSPS) is 16.5. The summed E-state index contributed by atoms with van der Waals surface area (Å²) < 4.78 is 6.70. The van der Waals surface area contributed by atoms with E-state index in [2.05, 4.69) is 20.8 Å². The van der Waals surface area contributed by atoms with Crippen LogP contribution in [0, 0.1) is 5.41 Å². The van der Waals surface area contributed by atoms with Crippen LogP contribution in [-0.2, 0) is 9.53 Å². The Kier molecular flexibility index (Phi) is 4.52. The zero-order chi connectivity index (χ0) is 17.0. The van der Waals surface area contributed by atoms with Crippen LogP contribution >= 0.6 is 0 Å². The number of tetrazole rings is 1. The van der Waals surface area contributed by atoms with Crippen LogP contribution in [0.25, 0.3) is 5.69 Å². The lowest BCUT2D eigenvalue weighted by Crippen LogP contribution is -2.46. The highest BCUT2D eigenvalue weighted by atomic mass is 16.5. The molecule has 126 valence electrons. The van der Waals surface area contributed by atoms with E-state index in [-0.39, 0.29) is 12.5 Å². The van der Waals surface area contributed by atoms with Crippen LogP contribution in [0.3, 0.4) is 0 Å². The van der Waals surface area contributed by atoms with Gasteiger partial charge in [0.2, 0.25) is 0 Å². The number of carboxylic acid groups (broad SMARTS) is 1. The van der Waals surface area contributed by atoms with Crippen LogP contribution in [0.1, 0.15) is 23.2 Å². The number of ether oxygens (including phenoxy) is 1. The molecule has 0 bridgehead atoms. The summed E-state index contributed by atoms with van der Waals surface area (Å²) in [5.41, 5.74) is 0.211. The maximum atomic E-state index is 12.3. The van der Waals surface area contributed by atoms with Crippen LogP contribution in [0.4, 0.5) is 0 Å². The molecule has 24 heavy (non-hydrogen) atoms. The third-order valence-electron chi connectivity index (χ3n) is 4.23. The van der Waals surface area contributed by atoms with Crippen molar-refractivity contribution in [3.05, 3.63) is 36.2 Å². The van der Waals surface area contributed by atoms with Crippen molar-refractivity contribution >= 4 is 11.9 Å². The lowest BCUT2D eigenvalue weighted by molar-refractivity contribution is -0.154. The molecule has 2 aromatic rings. The number of benzene rings is 1. The van der Waals surface area contributed by atoms with Gasteiger partial charge in [-0.1, -0.05) is 0 Å². The van der Waals surface area contributed by atoms with Gasteiger partial charge >= 0.3 is 5.97 Å². The van der Waals surface area contributed by atoms with E-state index in [4.69, 9.17) is 4.74 Å². The molecule has 0 atom stereocenters. The SMILES string of the molecule is O=C(NCC1(C(=O)O)CCOCC1)c1ccc(-n2cnnn2)cc1. The summed E-state index contributed by atoms with van der Waals surface area (Å²) in [6, 6.07) is 6.72. The number of carbonyl (C=O) groups is 2. The molecule has 0 spiro atoms. The van der Waals surface area contributed by atoms with Gasteiger partial charge in [-0.2, -0.15) is 0 Å². The molecule has 2 heterocycles. The summed E-state index contributed by atoms with van der Waals surface area (Å²) in [4.78, 5) is 23.8. The quantitative estimate of drug-likeness (QED) is 0.807.